The lowest BCUT2D eigenvalue weighted by Crippen LogP contribution is -2.45. The Morgan fingerprint density at radius 1 is 1.42 bits per heavy atom. The molecule has 1 fully saturated rings. The van der Waals surface area contributed by atoms with Crippen LogP contribution in [0.25, 0.3) is 0 Å². The van der Waals surface area contributed by atoms with Gasteiger partial charge in [0.05, 0.1) is 5.92 Å². The Bertz CT molecular complexity index is 323. The highest BCUT2D eigenvalue weighted by Gasteiger charge is 2.31. The number of amides is 1. The molecule has 110 valence electrons. The molecule has 0 heterocycles. The van der Waals surface area contributed by atoms with Crippen LogP contribution in [0.15, 0.2) is 5.16 Å². The van der Waals surface area contributed by atoms with Crippen molar-refractivity contribution in [1.82, 2.24) is 4.90 Å². The molecule has 1 saturated carbocycles. The summed E-state index contributed by atoms with van der Waals surface area (Å²) < 4.78 is 0. The molecule has 0 aromatic rings. The minimum atomic E-state index is -0.487. The Labute approximate surface area is 115 Å². The van der Waals surface area contributed by atoms with Crippen LogP contribution in [-0.4, -0.2) is 34.9 Å². The van der Waals surface area contributed by atoms with Gasteiger partial charge in [-0.25, -0.2) is 0 Å². The summed E-state index contributed by atoms with van der Waals surface area (Å²) in [5, 5.41) is 11.8. The summed E-state index contributed by atoms with van der Waals surface area (Å²) in [7, 11) is 1.84. The number of carbonyl (C=O) groups is 1. The van der Waals surface area contributed by atoms with Crippen molar-refractivity contribution < 1.29 is 10.0 Å². The predicted molar refractivity (Wildman–Crippen MR) is 76.0 cm³/mol. The number of carbonyl (C=O) groups excluding carboxylic acids is 1. The zero-order valence-electron chi connectivity index (χ0n) is 12.3. The number of oxime groups is 1. The van der Waals surface area contributed by atoms with Crippen molar-refractivity contribution >= 4 is 11.7 Å². The molecular weight excluding hydrogens is 242 g/mol. The number of amidine groups is 1. The van der Waals surface area contributed by atoms with Crippen LogP contribution in [-0.2, 0) is 4.79 Å². The van der Waals surface area contributed by atoms with Gasteiger partial charge in [-0.2, -0.15) is 0 Å². The first kappa shape index (κ1) is 15.8. The summed E-state index contributed by atoms with van der Waals surface area (Å²) in [6.07, 6.45) is 5.91. The molecule has 5 heteroatoms. The van der Waals surface area contributed by atoms with Gasteiger partial charge in [-0.3, -0.25) is 4.79 Å². The van der Waals surface area contributed by atoms with E-state index in [0.29, 0.717) is 12.5 Å². The van der Waals surface area contributed by atoms with Gasteiger partial charge >= 0.3 is 0 Å². The van der Waals surface area contributed by atoms with Crippen molar-refractivity contribution in [2.45, 2.75) is 58.4 Å². The van der Waals surface area contributed by atoms with Crippen LogP contribution in [0.2, 0.25) is 0 Å². The van der Waals surface area contributed by atoms with E-state index in [0.717, 1.165) is 25.2 Å². The van der Waals surface area contributed by atoms with Crippen LogP contribution in [0, 0.1) is 11.8 Å². The first-order valence-corrected chi connectivity index (χ1v) is 7.25. The molecule has 1 aliphatic rings. The van der Waals surface area contributed by atoms with Crippen molar-refractivity contribution in [1.29, 1.82) is 0 Å². The van der Waals surface area contributed by atoms with Crippen LogP contribution in [0.3, 0.4) is 0 Å². The summed E-state index contributed by atoms with van der Waals surface area (Å²) in [6.45, 7) is 4.25. The Hall–Kier alpha value is -1.26. The van der Waals surface area contributed by atoms with Crippen molar-refractivity contribution in [3.63, 3.8) is 0 Å². The molecule has 0 aromatic carbocycles. The van der Waals surface area contributed by atoms with Gasteiger partial charge < -0.3 is 15.8 Å². The molecule has 1 unspecified atom stereocenters. The summed E-state index contributed by atoms with van der Waals surface area (Å²) in [5.74, 6) is 0.286. The van der Waals surface area contributed by atoms with Gasteiger partial charge in [0.15, 0.2) is 5.84 Å². The number of nitrogens with zero attached hydrogens (tertiary/aromatic N) is 2. The van der Waals surface area contributed by atoms with Crippen molar-refractivity contribution in [3.05, 3.63) is 0 Å². The normalized spacial score (nSPS) is 25.9. The number of nitrogens with two attached hydrogens (primary N) is 1. The van der Waals surface area contributed by atoms with E-state index in [2.05, 4.69) is 12.1 Å². The van der Waals surface area contributed by atoms with Gasteiger partial charge in [0.25, 0.3) is 0 Å². The molecule has 1 aliphatic carbocycles. The Morgan fingerprint density at radius 2 is 2.00 bits per heavy atom. The molecule has 0 bridgehead atoms. The van der Waals surface area contributed by atoms with Crippen molar-refractivity contribution in [3.8, 4) is 0 Å². The molecule has 0 radical (unpaired) electrons. The molecule has 0 spiro atoms. The predicted octanol–water partition coefficient (Wildman–Crippen LogP) is 2.19. The Kier molecular flexibility index (Phi) is 6.12. The molecule has 0 aromatic heterocycles. The fourth-order valence-electron chi connectivity index (χ4n) is 2.81. The van der Waals surface area contributed by atoms with Crippen LogP contribution in [0.1, 0.15) is 52.4 Å². The highest BCUT2D eigenvalue weighted by atomic mass is 16.4. The third kappa shape index (κ3) is 4.11. The zero-order valence-corrected chi connectivity index (χ0v) is 12.3. The molecule has 0 aliphatic heterocycles. The monoisotopic (exact) mass is 269 g/mol. The highest BCUT2D eigenvalue weighted by molar-refractivity contribution is 6.02. The summed E-state index contributed by atoms with van der Waals surface area (Å²) >= 11 is 0. The second-order valence-corrected chi connectivity index (χ2v) is 5.73. The van der Waals surface area contributed by atoms with Gasteiger partial charge in [-0.1, -0.05) is 25.4 Å². The van der Waals surface area contributed by atoms with E-state index in [-0.39, 0.29) is 11.7 Å². The fourth-order valence-corrected chi connectivity index (χ4v) is 2.81. The number of hydrogen-bond donors (Lipinski definition) is 2. The molecular formula is C14H27N3O2. The second-order valence-electron chi connectivity index (χ2n) is 5.73. The second kappa shape index (κ2) is 7.36. The van der Waals surface area contributed by atoms with Crippen LogP contribution >= 0.6 is 0 Å². The molecule has 19 heavy (non-hydrogen) atoms. The highest BCUT2D eigenvalue weighted by Crippen LogP contribution is 2.27. The minimum absolute atomic E-state index is 0.0169. The topological polar surface area (TPSA) is 78.9 Å². The van der Waals surface area contributed by atoms with Crippen LogP contribution in [0.5, 0.6) is 0 Å². The summed E-state index contributed by atoms with van der Waals surface area (Å²) in [4.78, 5) is 14.3. The van der Waals surface area contributed by atoms with Gasteiger partial charge in [-0.05, 0) is 38.0 Å². The maximum Gasteiger partial charge on any atom is 0.233 e. The molecule has 1 rings (SSSR count). The minimum Gasteiger partial charge on any atom is -0.409 e. The smallest absolute Gasteiger partial charge is 0.233 e. The molecule has 5 nitrogen and oxygen atoms in total. The lowest BCUT2D eigenvalue weighted by atomic mass is 9.86. The van der Waals surface area contributed by atoms with Gasteiger partial charge in [0.1, 0.15) is 0 Å². The maximum atomic E-state index is 12.5. The quantitative estimate of drug-likeness (QED) is 0.347. The van der Waals surface area contributed by atoms with Crippen molar-refractivity contribution in [2.24, 2.45) is 22.7 Å². The third-order valence-corrected chi connectivity index (χ3v) is 4.23. The fraction of sp³-hybridized carbons (Fsp3) is 0.857. The van der Waals surface area contributed by atoms with E-state index in [1.165, 1.54) is 12.8 Å². The maximum absolute atomic E-state index is 12.5. The van der Waals surface area contributed by atoms with Gasteiger partial charge in [0, 0.05) is 13.1 Å². The van der Waals surface area contributed by atoms with E-state index in [9.17, 15) is 4.79 Å². The number of rotatable bonds is 5. The van der Waals surface area contributed by atoms with Crippen molar-refractivity contribution in [2.75, 3.05) is 7.05 Å². The SMILES string of the molecule is CCCC(C(=O)N(C)C1CCC(C)CC1)C(N)=NO. The van der Waals surface area contributed by atoms with Crippen LogP contribution < -0.4 is 5.73 Å². The molecule has 3 N–H and O–H groups in total. The zero-order chi connectivity index (χ0) is 14.4. The van der Waals surface area contributed by atoms with E-state index in [1.807, 2.05) is 18.9 Å². The molecule has 1 amide bonds. The Morgan fingerprint density at radius 3 is 2.47 bits per heavy atom. The summed E-state index contributed by atoms with van der Waals surface area (Å²) in [6, 6.07) is 0.301. The van der Waals surface area contributed by atoms with Gasteiger partial charge in [0.2, 0.25) is 5.91 Å². The lowest BCUT2D eigenvalue weighted by Gasteiger charge is -2.35. The van der Waals surface area contributed by atoms with Gasteiger partial charge in [-0.15, -0.1) is 0 Å². The molecule has 0 saturated heterocycles. The standard InChI is InChI=1S/C14H27N3O2/c1-4-5-12(13(15)16-19)14(18)17(3)11-8-6-10(2)7-9-11/h10-12,19H,4-9H2,1-3H3,(H2,15,16). The summed E-state index contributed by atoms with van der Waals surface area (Å²) in [5.41, 5.74) is 5.65. The molecule has 1 atom stereocenters. The van der Waals surface area contributed by atoms with E-state index in [1.54, 1.807) is 0 Å². The Balaban J connectivity index is 2.68. The van der Waals surface area contributed by atoms with E-state index < -0.39 is 5.92 Å². The first-order chi connectivity index (χ1) is 9.01. The van der Waals surface area contributed by atoms with E-state index >= 15 is 0 Å². The lowest BCUT2D eigenvalue weighted by molar-refractivity contribution is -0.135. The average Bonchev–Trinajstić information content (AvgIpc) is 2.43. The first-order valence-electron chi connectivity index (χ1n) is 7.25. The van der Waals surface area contributed by atoms with Crippen LogP contribution in [0.4, 0.5) is 0 Å². The van der Waals surface area contributed by atoms with E-state index in [4.69, 9.17) is 10.9 Å². The average molecular weight is 269 g/mol. The third-order valence-electron chi connectivity index (χ3n) is 4.23. The number of hydrogen-bond acceptors (Lipinski definition) is 3. The largest absolute Gasteiger partial charge is 0.409 e.